The van der Waals surface area contributed by atoms with Crippen LogP contribution in [0, 0.1) is 17.2 Å². The highest BCUT2D eigenvalue weighted by Crippen LogP contribution is 2.51. The summed E-state index contributed by atoms with van der Waals surface area (Å²) in [6, 6.07) is 37.4. The van der Waals surface area contributed by atoms with Crippen molar-refractivity contribution in [2.45, 2.75) is 103 Å². The van der Waals surface area contributed by atoms with Gasteiger partial charge in [0.2, 0.25) is 0 Å². The molecule has 5 nitrogen and oxygen atoms in total. The quantitative estimate of drug-likeness (QED) is 0.0242. The molecule has 1 aliphatic rings. The summed E-state index contributed by atoms with van der Waals surface area (Å²) >= 11 is 0. The molecule has 0 heterocycles. The second-order valence-corrected chi connectivity index (χ2v) is 14.5. The Labute approximate surface area is 318 Å². The first kappa shape index (κ1) is 39.4. The second kappa shape index (κ2) is 20.4. The van der Waals surface area contributed by atoms with Gasteiger partial charge in [-0.25, -0.2) is 4.79 Å². The first-order valence-corrected chi connectivity index (χ1v) is 20.0. The van der Waals surface area contributed by atoms with Crippen LogP contribution in [0.15, 0.2) is 109 Å². The van der Waals surface area contributed by atoms with E-state index in [0.29, 0.717) is 11.7 Å². The number of carbonyl (C=O) groups is 1. The maximum absolute atomic E-state index is 13.3. The largest absolute Gasteiger partial charge is 0.497 e. The topological polar surface area (TPSA) is 62.6 Å². The lowest BCUT2D eigenvalue weighted by Gasteiger charge is -2.44. The van der Waals surface area contributed by atoms with Crippen molar-refractivity contribution in [3.63, 3.8) is 0 Å². The van der Waals surface area contributed by atoms with Gasteiger partial charge in [0.1, 0.15) is 23.1 Å². The molecule has 0 aromatic heterocycles. The lowest BCUT2D eigenvalue weighted by molar-refractivity contribution is -0.129. The summed E-state index contributed by atoms with van der Waals surface area (Å²) in [5.41, 5.74) is 5.15. The van der Waals surface area contributed by atoms with Crippen LogP contribution in [0.3, 0.4) is 0 Å². The van der Waals surface area contributed by atoms with Gasteiger partial charge in [-0.2, -0.15) is 5.26 Å². The molecule has 0 saturated heterocycles. The van der Waals surface area contributed by atoms with Crippen molar-refractivity contribution in [3.8, 4) is 17.6 Å². The highest BCUT2D eigenvalue weighted by molar-refractivity contribution is 5.99. The minimum atomic E-state index is -0.661. The number of hydrogen-bond donors (Lipinski definition) is 0. The Morgan fingerprint density at radius 1 is 0.736 bits per heavy atom. The number of esters is 1. The first-order valence-electron chi connectivity index (χ1n) is 20.0. The lowest BCUT2D eigenvalue weighted by Crippen LogP contribution is -2.39. The fourth-order valence-electron chi connectivity index (χ4n) is 8.24. The average Bonchev–Trinajstić information content (AvgIpc) is 3.21. The van der Waals surface area contributed by atoms with Gasteiger partial charge in [-0.05, 0) is 96.8 Å². The van der Waals surface area contributed by atoms with E-state index in [1.54, 1.807) is 13.2 Å². The highest BCUT2D eigenvalue weighted by Gasteiger charge is 2.44. The Morgan fingerprint density at radius 3 is 1.87 bits per heavy atom. The Balaban J connectivity index is 1.30. The molecular formula is C48H58N2O3. The van der Waals surface area contributed by atoms with E-state index in [9.17, 15) is 10.1 Å². The predicted molar refractivity (Wildman–Crippen MR) is 218 cm³/mol. The van der Waals surface area contributed by atoms with Gasteiger partial charge in [0, 0.05) is 24.2 Å². The van der Waals surface area contributed by atoms with Crippen LogP contribution in [0.5, 0.6) is 11.5 Å². The molecule has 53 heavy (non-hydrogen) atoms. The number of nitrogens with zero attached hydrogens (tertiary/aromatic N) is 2. The van der Waals surface area contributed by atoms with E-state index in [2.05, 4.69) is 91.5 Å². The van der Waals surface area contributed by atoms with Crippen LogP contribution < -0.4 is 14.4 Å². The minimum Gasteiger partial charge on any atom is -0.497 e. The summed E-state index contributed by atoms with van der Waals surface area (Å²) in [6.07, 6.45) is 18.0. The molecule has 0 aliphatic heterocycles. The molecule has 5 heteroatoms. The van der Waals surface area contributed by atoms with Crippen molar-refractivity contribution in [3.05, 3.63) is 131 Å². The molecule has 0 N–H and O–H groups in total. The van der Waals surface area contributed by atoms with Gasteiger partial charge < -0.3 is 14.4 Å². The molecule has 1 unspecified atom stereocenters. The molecule has 1 aliphatic carbocycles. The van der Waals surface area contributed by atoms with E-state index in [4.69, 9.17) is 9.47 Å². The van der Waals surface area contributed by atoms with Crippen LogP contribution in [-0.4, -0.2) is 26.2 Å². The first-order chi connectivity index (χ1) is 26.0. The number of unbranched alkanes of at least 4 members (excludes halogenated alkanes) is 7. The van der Waals surface area contributed by atoms with Crippen molar-refractivity contribution in [1.29, 1.82) is 5.26 Å². The van der Waals surface area contributed by atoms with Crippen LogP contribution in [0.2, 0.25) is 0 Å². The monoisotopic (exact) mass is 710 g/mol. The zero-order valence-corrected chi connectivity index (χ0v) is 32.2. The normalized spacial score (nSPS) is 14.6. The van der Waals surface area contributed by atoms with E-state index in [0.717, 1.165) is 48.5 Å². The van der Waals surface area contributed by atoms with Gasteiger partial charge in [-0.3, -0.25) is 0 Å². The number of carbonyl (C=O) groups excluding carboxylic acids is 1. The van der Waals surface area contributed by atoms with Crippen LogP contribution >= 0.6 is 0 Å². The summed E-state index contributed by atoms with van der Waals surface area (Å²) in [4.78, 5) is 15.7. The molecule has 4 aromatic carbocycles. The molecule has 1 fully saturated rings. The molecule has 0 spiro atoms. The summed E-state index contributed by atoms with van der Waals surface area (Å²) in [5, 5.41) is 9.97. The van der Waals surface area contributed by atoms with Crippen molar-refractivity contribution < 1.29 is 14.3 Å². The number of hydrogen-bond acceptors (Lipinski definition) is 5. The number of ether oxygens (including phenoxy) is 2. The number of nitriles is 1. The maximum atomic E-state index is 13.3. The third-order valence-electron chi connectivity index (χ3n) is 11.1. The van der Waals surface area contributed by atoms with E-state index in [-0.39, 0.29) is 11.0 Å². The van der Waals surface area contributed by atoms with Crippen LogP contribution in [0.4, 0.5) is 5.69 Å². The fourth-order valence-corrected chi connectivity index (χ4v) is 8.24. The van der Waals surface area contributed by atoms with E-state index in [1.807, 2.05) is 36.4 Å². The van der Waals surface area contributed by atoms with Gasteiger partial charge >= 0.3 is 5.97 Å². The second-order valence-electron chi connectivity index (χ2n) is 14.5. The zero-order valence-electron chi connectivity index (χ0n) is 32.2. The van der Waals surface area contributed by atoms with Crippen LogP contribution in [-0.2, 0) is 10.2 Å². The summed E-state index contributed by atoms with van der Waals surface area (Å²) in [7, 11) is 1.70. The maximum Gasteiger partial charge on any atom is 0.354 e. The van der Waals surface area contributed by atoms with E-state index >= 15 is 0 Å². The van der Waals surface area contributed by atoms with Gasteiger partial charge in [0.05, 0.1) is 7.11 Å². The molecule has 5 rings (SSSR count). The number of rotatable bonds is 19. The van der Waals surface area contributed by atoms with E-state index < -0.39 is 5.97 Å². The fraction of sp³-hybridized carbons (Fsp3) is 0.417. The molecular weight excluding hydrogens is 653 g/mol. The SMILES string of the molecule is CCCCCCCCCCN(CC)c1ccc(/C=C(\C#N)C(=O)Oc2ccc(C(c3ccccc3)(c3ccc(OC)cc3)C3CCCCC3)cc2)cc1. The predicted octanol–water partition coefficient (Wildman–Crippen LogP) is 12.1. The molecule has 0 amide bonds. The Kier molecular flexibility index (Phi) is 15.2. The van der Waals surface area contributed by atoms with Crippen molar-refractivity contribution >= 4 is 17.7 Å². The molecule has 0 radical (unpaired) electrons. The van der Waals surface area contributed by atoms with Crippen LogP contribution in [0.1, 0.15) is 120 Å². The summed E-state index contributed by atoms with van der Waals surface area (Å²) in [5.74, 6) is 0.978. The summed E-state index contributed by atoms with van der Waals surface area (Å²) in [6.45, 7) is 6.42. The number of anilines is 1. The van der Waals surface area contributed by atoms with Crippen molar-refractivity contribution in [2.24, 2.45) is 5.92 Å². The average molecular weight is 711 g/mol. The molecule has 0 bridgehead atoms. The van der Waals surface area contributed by atoms with Crippen molar-refractivity contribution in [2.75, 3.05) is 25.1 Å². The smallest absolute Gasteiger partial charge is 0.354 e. The highest BCUT2D eigenvalue weighted by atomic mass is 16.5. The van der Waals surface area contributed by atoms with Gasteiger partial charge in [0.15, 0.2) is 0 Å². The molecule has 1 saturated carbocycles. The third-order valence-corrected chi connectivity index (χ3v) is 11.1. The molecule has 1 atom stereocenters. The van der Waals surface area contributed by atoms with E-state index in [1.165, 1.54) is 81.8 Å². The zero-order chi connectivity index (χ0) is 37.3. The minimum absolute atomic E-state index is 0.0350. The molecule has 4 aromatic rings. The summed E-state index contributed by atoms with van der Waals surface area (Å²) < 4.78 is 11.3. The third kappa shape index (κ3) is 10.2. The Bertz CT molecular complexity index is 1750. The standard InChI is InChI=1S/C48H58N2O3/c1-4-6-7-8-9-10-11-18-35-50(5-2)44-29-23-38(24-30-44)36-39(37-49)47(51)53-46-33-27-43(28-34-46)48(40-19-14-12-15-20-40,41-21-16-13-17-22-41)42-25-31-45(52-3)32-26-42/h12,14-15,19-20,23-34,36,41H,4-11,13,16-18,21-22,35H2,1-3H3/b39-36+. The Morgan fingerprint density at radius 2 is 1.30 bits per heavy atom. The van der Waals surface area contributed by atoms with Crippen LogP contribution in [0.25, 0.3) is 6.08 Å². The lowest BCUT2D eigenvalue weighted by atomic mass is 9.58. The van der Waals surface area contributed by atoms with Gasteiger partial charge in [0.25, 0.3) is 0 Å². The van der Waals surface area contributed by atoms with Gasteiger partial charge in [-0.1, -0.05) is 138 Å². The van der Waals surface area contributed by atoms with Gasteiger partial charge in [-0.15, -0.1) is 0 Å². The number of benzene rings is 4. The molecule has 278 valence electrons. The Hall–Kier alpha value is -4.82. The van der Waals surface area contributed by atoms with Crippen molar-refractivity contribution in [1.82, 2.24) is 0 Å². The number of methoxy groups -OCH3 is 1.